The Kier molecular flexibility index (Phi) is 3.16. The maximum Gasteiger partial charge on any atom is 0.226 e. The van der Waals surface area contributed by atoms with E-state index in [4.69, 9.17) is 12.2 Å². The largest absolute Gasteiger partial charge is 0.357 e. The lowest BCUT2D eigenvalue weighted by molar-refractivity contribution is 0.690. The molecule has 0 fully saturated rings. The van der Waals surface area contributed by atoms with Crippen molar-refractivity contribution in [3.63, 3.8) is 0 Å². The van der Waals surface area contributed by atoms with E-state index in [1.807, 2.05) is 0 Å². The second-order valence-electron chi connectivity index (χ2n) is 3.01. The number of nitrogens with one attached hydrogen (secondary N) is 1. The summed E-state index contributed by atoms with van der Waals surface area (Å²) in [4.78, 5) is 16.4. The van der Waals surface area contributed by atoms with Crippen LogP contribution in [0.5, 0.6) is 0 Å². The van der Waals surface area contributed by atoms with E-state index in [0.29, 0.717) is 23.1 Å². The van der Waals surface area contributed by atoms with Crippen molar-refractivity contribution in [1.29, 1.82) is 0 Å². The van der Waals surface area contributed by atoms with Gasteiger partial charge in [0.2, 0.25) is 10.7 Å². The SMILES string of the molecule is CNc1ncn(Cc2ncccn2)c(=S)n1. The summed E-state index contributed by atoms with van der Waals surface area (Å²) in [6.45, 7) is 0.476. The van der Waals surface area contributed by atoms with Crippen LogP contribution < -0.4 is 5.32 Å². The molecule has 0 aromatic carbocycles. The molecule has 0 bridgehead atoms. The van der Waals surface area contributed by atoms with Gasteiger partial charge in [-0.3, -0.25) is 4.57 Å². The molecule has 1 N–H and O–H groups in total. The third-order valence-electron chi connectivity index (χ3n) is 1.92. The Morgan fingerprint density at radius 3 is 2.69 bits per heavy atom. The van der Waals surface area contributed by atoms with Gasteiger partial charge in [0.1, 0.15) is 12.2 Å². The molecule has 0 aliphatic heterocycles. The fourth-order valence-electron chi connectivity index (χ4n) is 1.15. The van der Waals surface area contributed by atoms with Crippen LogP contribution in [0.2, 0.25) is 0 Å². The zero-order valence-corrected chi connectivity index (χ0v) is 9.48. The van der Waals surface area contributed by atoms with Crippen LogP contribution in [0, 0.1) is 4.77 Å². The van der Waals surface area contributed by atoms with Gasteiger partial charge in [-0.15, -0.1) is 0 Å². The van der Waals surface area contributed by atoms with Crippen LogP contribution in [-0.2, 0) is 6.54 Å². The Bertz CT molecular complexity index is 523. The summed E-state index contributed by atoms with van der Waals surface area (Å²) in [5.41, 5.74) is 0. The van der Waals surface area contributed by atoms with Crippen LogP contribution in [0.15, 0.2) is 24.8 Å². The van der Waals surface area contributed by atoms with Crippen molar-refractivity contribution in [2.75, 3.05) is 12.4 Å². The summed E-state index contributed by atoms with van der Waals surface area (Å²) in [7, 11) is 1.74. The van der Waals surface area contributed by atoms with E-state index in [1.165, 1.54) is 0 Å². The van der Waals surface area contributed by atoms with Crippen molar-refractivity contribution in [3.05, 3.63) is 35.4 Å². The summed E-state index contributed by atoms with van der Waals surface area (Å²) in [5, 5.41) is 2.83. The first-order valence-electron chi connectivity index (χ1n) is 4.67. The van der Waals surface area contributed by atoms with E-state index in [-0.39, 0.29) is 0 Å². The highest BCUT2D eigenvalue weighted by Gasteiger charge is 2.00. The summed E-state index contributed by atoms with van der Waals surface area (Å²) < 4.78 is 2.16. The van der Waals surface area contributed by atoms with Crippen molar-refractivity contribution in [3.8, 4) is 0 Å². The molecule has 7 heteroatoms. The van der Waals surface area contributed by atoms with Gasteiger partial charge in [0, 0.05) is 19.4 Å². The molecule has 0 unspecified atom stereocenters. The fourth-order valence-corrected chi connectivity index (χ4v) is 1.35. The number of anilines is 1. The van der Waals surface area contributed by atoms with Gasteiger partial charge in [0.25, 0.3) is 0 Å². The average molecular weight is 234 g/mol. The quantitative estimate of drug-likeness (QED) is 0.795. The molecule has 2 heterocycles. The molecule has 2 aromatic rings. The van der Waals surface area contributed by atoms with Gasteiger partial charge in [-0.1, -0.05) is 0 Å². The van der Waals surface area contributed by atoms with Gasteiger partial charge in [0.15, 0.2) is 0 Å². The molecule has 0 amide bonds. The fraction of sp³-hybridized carbons (Fsp3) is 0.222. The first kappa shape index (κ1) is 10.6. The number of hydrogen-bond donors (Lipinski definition) is 1. The molecular weight excluding hydrogens is 224 g/mol. The summed E-state index contributed by atoms with van der Waals surface area (Å²) in [5.74, 6) is 1.19. The number of aromatic nitrogens is 5. The molecule has 0 aliphatic carbocycles. The summed E-state index contributed by atoms with van der Waals surface area (Å²) >= 11 is 5.12. The molecule has 0 saturated carbocycles. The Morgan fingerprint density at radius 1 is 1.31 bits per heavy atom. The maximum atomic E-state index is 5.12. The van der Waals surface area contributed by atoms with Crippen LogP contribution in [0.1, 0.15) is 5.82 Å². The smallest absolute Gasteiger partial charge is 0.226 e. The summed E-state index contributed by atoms with van der Waals surface area (Å²) in [6.07, 6.45) is 5.00. The molecule has 16 heavy (non-hydrogen) atoms. The van der Waals surface area contributed by atoms with E-state index < -0.39 is 0 Å². The first-order chi connectivity index (χ1) is 7.79. The predicted molar refractivity (Wildman–Crippen MR) is 61.5 cm³/mol. The highest BCUT2D eigenvalue weighted by atomic mass is 32.1. The minimum absolute atomic E-state index is 0.451. The van der Waals surface area contributed by atoms with Crippen LogP contribution in [0.3, 0.4) is 0 Å². The Morgan fingerprint density at radius 2 is 2.06 bits per heavy atom. The monoisotopic (exact) mass is 234 g/mol. The third kappa shape index (κ3) is 2.37. The molecule has 6 nitrogen and oxygen atoms in total. The van der Waals surface area contributed by atoms with Crippen molar-refractivity contribution in [2.24, 2.45) is 0 Å². The van der Waals surface area contributed by atoms with Gasteiger partial charge >= 0.3 is 0 Å². The maximum absolute atomic E-state index is 5.12. The van der Waals surface area contributed by atoms with Gasteiger partial charge in [-0.25, -0.2) is 15.0 Å². The number of hydrogen-bond acceptors (Lipinski definition) is 6. The molecule has 2 rings (SSSR count). The van der Waals surface area contributed by atoms with E-state index in [2.05, 4.69) is 25.3 Å². The predicted octanol–water partition coefficient (Wildman–Crippen LogP) is 0.888. The van der Waals surface area contributed by atoms with Crippen LogP contribution in [0.25, 0.3) is 0 Å². The van der Waals surface area contributed by atoms with Crippen molar-refractivity contribution in [2.45, 2.75) is 6.54 Å². The third-order valence-corrected chi connectivity index (χ3v) is 2.25. The van der Waals surface area contributed by atoms with Crippen molar-refractivity contribution in [1.82, 2.24) is 24.5 Å². The van der Waals surface area contributed by atoms with Gasteiger partial charge in [-0.2, -0.15) is 4.98 Å². The zero-order chi connectivity index (χ0) is 11.4. The van der Waals surface area contributed by atoms with Gasteiger partial charge < -0.3 is 5.32 Å². The topological polar surface area (TPSA) is 68.5 Å². The highest BCUT2D eigenvalue weighted by molar-refractivity contribution is 7.71. The number of nitrogens with zero attached hydrogens (tertiary/aromatic N) is 5. The zero-order valence-electron chi connectivity index (χ0n) is 8.66. The second-order valence-corrected chi connectivity index (χ2v) is 3.37. The van der Waals surface area contributed by atoms with Crippen LogP contribution in [0.4, 0.5) is 5.95 Å². The van der Waals surface area contributed by atoms with E-state index in [0.717, 1.165) is 0 Å². The van der Waals surface area contributed by atoms with Crippen LogP contribution in [-0.4, -0.2) is 31.6 Å². The standard InChI is InChI=1S/C9H10N6S/c1-10-8-13-6-15(9(16)14-8)5-7-11-3-2-4-12-7/h2-4,6H,5H2,1H3,(H,10,14,16). The minimum Gasteiger partial charge on any atom is -0.357 e. The average Bonchev–Trinajstić information content (AvgIpc) is 2.33. The lowest BCUT2D eigenvalue weighted by atomic mass is 10.5. The van der Waals surface area contributed by atoms with Gasteiger partial charge in [-0.05, 0) is 18.3 Å². The Labute approximate surface area is 97.4 Å². The molecule has 0 saturated heterocycles. The molecular formula is C9H10N6S. The number of rotatable bonds is 3. The summed E-state index contributed by atoms with van der Waals surface area (Å²) in [6, 6.07) is 1.77. The lowest BCUT2D eigenvalue weighted by Gasteiger charge is -2.05. The second kappa shape index (κ2) is 4.75. The molecule has 0 radical (unpaired) electrons. The Hall–Kier alpha value is -1.89. The van der Waals surface area contributed by atoms with Crippen LogP contribution >= 0.6 is 12.2 Å². The van der Waals surface area contributed by atoms with E-state index in [9.17, 15) is 0 Å². The molecule has 2 aromatic heterocycles. The van der Waals surface area contributed by atoms with Gasteiger partial charge in [0.05, 0.1) is 6.54 Å². The van der Waals surface area contributed by atoms with Crippen molar-refractivity contribution >= 4 is 18.2 Å². The molecule has 0 atom stereocenters. The molecule has 0 aliphatic rings. The first-order valence-corrected chi connectivity index (χ1v) is 5.07. The van der Waals surface area contributed by atoms with Crippen molar-refractivity contribution < 1.29 is 0 Å². The molecule has 0 spiro atoms. The molecule has 82 valence electrons. The van der Waals surface area contributed by atoms with E-state index >= 15 is 0 Å². The lowest BCUT2D eigenvalue weighted by Crippen LogP contribution is -2.09. The van der Waals surface area contributed by atoms with E-state index in [1.54, 1.807) is 36.4 Å². The Balaban J connectivity index is 2.26. The minimum atomic E-state index is 0.451. The highest BCUT2D eigenvalue weighted by Crippen LogP contribution is 1.98. The normalized spacial score (nSPS) is 10.1.